The van der Waals surface area contributed by atoms with E-state index in [4.69, 9.17) is 17.2 Å². The van der Waals surface area contributed by atoms with Gasteiger partial charge in [0.05, 0.1) is 11.7 Å². The number of anilines is 3. The molecule has 7 heteroatoms. The van der Waals surface area contributed by atoms with Crippen LogP contribution in [0.15, 0.2) is 66.9 Å². The Morgan fingerprint density at radius 3 is 2.31 bits per heavy atom. The monoisotopic (exact) mass is 389 g/mol. The second kappa shape index (κ2) is 8.99. The number of amides is 1. The van der Waals surface area contributed by atoms with E-state index in [1.807, 2.05) is 24.3 Å². The molecule has 29 heavy (non-hydrogen) atoms. The third-order valence-electron chi connectivity index (χ3n) is 4.61. The molecule has 0 aliphatic carbocycles. The van der Waals surface area contributed by atoms with Crippen LogP contribution in [-0.4, -0.2) is 16.7 Å². The summed E-state index contributed by atoms with van der Waals surface area (Å²) in [4.78, 5) is 28.7. The molecule has 0 saturated carbocycles. The van der Waals surface area contributed by atoms with E-state index in [0.717, 1.165) is 5.56 Å². The Morgan fingerprint density at radius 1 is 0.966 bits per heavy atom. The number of carbonyl (C=O) groups excluding carboxylic acids is 2. The van der Waals surface area contributed by atoms with Crippen molar-refractivity contribution < 1.29 is 9.59 Å². The van der Waals surface area contributed by atoms with Crippen LogP contribution in [0.2, 0.25) is 0 Å². The molecule has 1 unspecified atom stereocenters. The van der Waals surface area contributed by atoms with Gasteiger partial charge in [-0.3, -0.25) is 9.59 Å². The maximum atomic E-state index is 12.4. The first-order valence-electron chi connectivity index (χ1n) is 9.18. The highest BCUT2D eigenvalue weighted by molar-refractivity contribution is 6.05. The number of rotatable bonds is 7. The first kappa shape index (κ1) is 20.0. The average Bonchev–Trinajstić information content (AvgIpc) is 2.74. The van der Waals surface area contributed by atoms with E-state index in [-0.39, 0.29) is 17.5 Å². The van der Waals surface area contributed by atoms with E-state index >= 15 is 0 Å². The molecule has 1 amide bonds. The summed E-state index contributed by atoms with van der Waals surface area (Å²) in [6, 6.07) is 16.7. The van der Waals surface area contributed by atoms with Crippen LogP contribution in [-0.2, 0) is 11.2 Å². The first-order chi connectivity index (χ1) is 13.9. The lowest BCUT2D eigenvalue weighted by molar-refractivity contribution is -0.120. The fourth-order valence-electron chi connectivity index (χ4n) is 2.85. The maximum Gasteiger partial charge on any atom is 0.255 e. The van der Waals surface area contributed by atoms with Crippen molar-refractivity contribution in [2.45, 2.75) is 18.9 Å². The van der Waals surface area contributed by atoms with Crippen LogP contribution in [0.1, 0.15) is 33.9 Å². The van der Waals surface area contributed by atoms with Crippen LogP contribution in [0.5, 0.6) is 0 Å². The molecule has 0 radical (unpaired) electrons. The summed E-state index contributed by atoms with van der Waals surface area (Å²) >= 11 is 0. The molecule has 0 bridgehead atoms. The van der Waals surface area contributed by atoms with E-state index in [0.29, 0.717) is 35.3 Å². The Bertz CT molecular complexity index is 1000. The van der Waals surface area contributed by atoms with E-state index < -0.39 is 6.04 Å². The minimum absolute atomic E-state index is 0.0674. The number of pyridine rings is 1. The Kier molecular flexibility index (Phi) is 6.21. The Labute approximate surface area is 168 Å². The second-order valence-electron chi connectivity index (χ2n) is 6.70. The molecule has 1 atom stereocenters. The highest BCUT2D eigenvalue weighted by Gasteiger charge is 2.16. The van der Waals surface area contributed by atoms with E-state index in [9.17, 15) is 9.59 Å². The fraction of sp³-hybridized carbons (Fsp3) is 0.136. The molecule has 2 aromatic carbocycles. The van der Waals surface area contributed by atoms with E-state index in [2.05, 4.69) is 10.3 Å². The second-order valence-corrected chi connectivity index (χ2v) is 6.70. The lowest BCUT2D eigenvalue weighted by atomic mass is 9.97. The molecule has 7 N–H and O–H groups in total. The fourth-order valence-corrected chi connectivity index (χ4v) is 2.85. The topological polar surface area (TPSA) is 137 Å². The van der Waals surface area contributed by atoms with E-state index in [1.165, 1.54) is 0 Å². The van der Waals surface area contributed by atoms with Gasteiger partial charge in [0.2, 0.25) is 0 Å². The number of Topliss-reactive ketones (excluding diaryl/α,β-unsaturated/α-hetero) is 1. The molecule has 3 aromatic rings. The van der Waals surface area contributed by atoms with Gasteiger partial charge >= 0.3 is 0 Å². The molecule has 0 spiro atoms. The van der Waals surface area contributed by atoms with E-state index in [1.54, 1.807) is 42.6 Å². The summed E-state index contributed by atoms with van der Waals surface area (Å²) in [5.41, 5.74) is 20.7. The van der Waals surface area contributed by atoms with Gasteiger partial charge in [-0.1, -0.05) is 24.3 Å². The van der Waals surface area contributed by atoms with Crippen molar-refractivity contribution in [2.75, 3.05) is 16.8 Å². The molecule has 1 aromatic heterocycles. The lowest BCUT2D eigenvalue weighted by Gasteiger charge is -2.12. The van der Waals surface area contributed by atoms with Crippen LogP contribution >= 0.6 is 0 Å². The van der Waals surface area contributed by atoms with Gasteiger partial charge in [0.15, 0.2) is 5.78 Å². The van der Waals surface area contributed by atoms with Gasteiger partial charge in [0.1, 0.15) is 5.82 Å². The summed E-state index contributed by atoms with van der Waals surface area (Å²) in [5.74, 6) is -0.146. The molecular formula is C22H23N5O2. The summed E-state index contributed by atoms with van der Waals surface area (Å²) in [7, 11) is 0. The van der Waals surface area contributed by atoms with Crippen LogP contribution in [0.25, 0.3) is 0 Å². The summed E-state index contributed by atoms with van der Waals surface area (Å²) in [5, 5.41) is 2.71. The van der Waals surface area contributed by atoms with Gasteiger partial charge in [-0.2, -0.15) is 0 Å². The molecule has 0 aliphatic rings. The van der Waals surface area contributed by atoms with Crippen molar-refractivity contribution in [1.82, 2.24) is 4.98 Å². The van der Waals surface area contributed by atoms with Crippen molar-refractivity contribution in [2.24, 2.45) is 5.73 Å². The predicted molar refractivity (Wildman–Crippen MR) is 114 cm³/mol. The Hall–Kier alpha value is -3.71. The van der Waals surface area contributed by atoms with Gasteiger partial charge in [0, 0.05) is 23.9 Å². The van der Waals surface area contributed by atoms with Crippen molar-refractivity contribution in [3.63, 3.8) is 0 Å². The summed E-state index contributed by atoms with van der Waals surface area (Å²) in [6.07, 6.45) is 2.47. The van der Waals surface area contributed by atoms with Crippen LogP contribution in [0.3, 0.4) is 0 Å². The average molecular weight is 389 g/mol. The molecular weight excluding hydrogens is 366 g/mol. The van der Waals surface area contributed by atoms with Gasteiger partial charge in [-0.15, -0.1) is 0 Å². The zero-order valence-corrected chi connectivity index (χ0v) is 15.8. The number of nitrogen functional groups attached to an aromatic ring is 2. The molecule has 3 rings (SSSR count). The minimum atomic E-state index is -0.741. The number of nitrogens with two attached hydrogens (primary N) is 3. The predicted octanol–water partition coefficient (Wildman–Crippen LogP) is 2.70. The van der Waals surface area contributed by atoms with Gasteiger partial charge in [-0.25, -0.2) is 4.98 Å². The molecule has 1 heterocycles. The molecule has 0 aliphatic heterocycles. The number of hydrogen-bond acceptors (Lipinski definition) is 6. The SMILES string of the molecule is Nc1ccc(CCC(=O)C(N)c2ccc(C(=O)Nc3cccnc3N)cc2)cc1. The van der Waals surface area contributed by atoms with Crippen molar-refractivity contribution in [1.29, 1.82) is 0 Å². The van der Waals surface area contributed by atoms with Crippen LogP contribution in [0.4, 0.5) is 17.2 Å². The summed E-state index contributed by atoms with van der Waals surface area (Å²) in [6.45, 7) is 0. The first-order valence-corrected chi connectivity index (χ1v) is 9.18. The quantitative estimate of drug-likeness (QED) is 0.459. The minimum Gasteiger partial charge on any atom is -0.399 e. The molecule has 0 fully saturated rings. The smallest absolute Gasteiger partial charge is 0.255 e. The van der Waals surface area contributed by atoms with Crippen molar-refractivity contribution in [3.8, 4) is 0 Å². The zero-order chi connectivity index (χ0) is 20.8. The molecule has 0 saturated heterocycles. The largest absolute Gasteiger partial charge is 0.399 e. The highest BCUT2D eigenvalue weighted by Crippen LogP contribution is 2.18. The normalized spacial score (nSPS) is 11.6. The zero-order valence-electron chi connectivity index (χ0n) is 15.8. The van der Waals surface area contributed by atoms with Gasteiger partial charge in [-0.05, 0) is 53.9 Å². The molecule has 148 valence electrons. The Balaban J connectivity index is 1.59. The third-order valence-corrected chi connectivity index (χ3v) is 4.61. The lowest BCUT2D eigenvalue weighted by Crippen LogP contribution is -2.22. The summed E-state index contributed by atoms with van der Waals surface area (Å²) < 4.78 is 0. The number of aryl methyl sites for hydroxylation is 1. The van der Waals surface area contributed by atoms with Crippen LogP contribution < -0.4 is 22.5 Å². The Morgan fingerprint density at radius 2 is 1.66 bits per heavy atom. The number of ketones is 1. The number of benzene rings is 2. The van der Waals surface area contributed by atoms with Crippen molar-refractivity contribution >= 4 is 28.9 Å². The van der Waals surface area contributed by atoms with Crippen LogP contribution in [0, 0.1) is 0 Å². The number of carbonyl (C=O) groups is 2. The van der Waals surface area contributed by atoms with Crippen molar-refractivity contribution in [3.05, 3.63) is 83.6 Å². The number of hydrogen-bond donors (Lipinski definition) is 4. The number of nitrogens with zero attached hydrogens (tertiary/aromatic N) is 1. The number of aromatic nitrogens is 1. The standard InChI is InChI=1S/C22H23N5O2/c23-17-10-3-14(4-11-17)5-12-19(28)20(24)15-6-8-16(9-7-15)22(29)27-18-2-1-13-26-21(18)25/h1-4,6-11,13,20H,5,12,23-24H2,(H2,25,26)(H,27,29). The number of nitrogens with one attached hydrogen (secondary N) is 1. The van der Waals surface area contributed by atoms with Gasteiger partial charge < -0.3 is 22.5 Å². The molecule has 7 nitrogen and oxygen atoms in total. The highest BCUT2D eigenvalue weighted by atomic mass is 16.1. The maximum absolute atomic E-state index is 12.4. The van der Waals surface area contributed by atoms with Gasteiger partial charge in [0.25, 0.3) is 5.91 Å². The third kappa shape index (κ3) is 5.18.